The van der Waals surface area contributed by atoms with Crippen LogP contribution in [0.4, 0.5) is 13.2 Å². The lowest BCUT2D eigenvalue weighted by molar-refractivity contribution is -0.155. The van der Waals surface area contributed by atoms with Crippen LogP contribution in [0, 0.1) is 12.8 Å². The first-order valence-electron chi connectivity index (χ1n) is 5.46. The summed E-state index contributed by atoms with van der Waals surface area (Å²) in [6, 6.07) is -0.742. The number of halogens is 4. The number of rotatable bonds is 4. The number of alkyl halides is 3. The Hall–Kier alpha value is -0.310. The van der Waals surface area contributed by atoms with Gasteiger partial charge in [0.2, 0.25) is 0 Å². The quantitative estimate of drug-likeness (QED) is 0.918. The third kappa shape index (κ3) is 3.42. The second-order valence-corrected chi connectivity index (χ2v) is 8.10. The van der Waals surface area contributed by atoms with Crippen LogP contribution in [0.1, 0.15) is 18.4 Å². The van der Waals surface area contributed by atoms with Gasteiger partial charge in [0.25, 0.3) is 10.0 Å². The van der Waals surface area contributed by atoms with Crippen molar-refractivity contribution in [3.8, 4) is 0 Å². The van der Waals surface area contributed by atoms with E-state index in [0.717, 1.165) is 11.3 Å². The molecule has 1 fully saturated rings. The third-order valence-corrected chi connectivity index (χ3v) is 6.30. The van der Waals surface area contributed by atoms with Crippen LogP contribution >= 0.6 is 22.9 Å². The van der Waals surface area contributed by atoms with E-state index in [1.165, 1.54) is 6.07 Å². The molecule has 0 spiro atoms. The van der Waals surface area contributed by atoms with Gasteiger partial charge in [-0.05, 0) is 37.3 Å². The molecule has 1 saturated carbocycles. The van der Waals surface area contributed by atoms with Gasteiger partial charge >= 0.3 is 6.18 Å². The minimum atomic E-state index is -4.58. The third-order valence-electron chi connectivity index (χ3n) is 2.83. The zero-order valence-corrected chi connectivity index (χ0v) is 12.2. The van der Waals surface area contributed by atoms with E-state index < -0.39 is 28.2 Å². The Balaban J connectivity index is 2.25. The summed E-state index contributed by atoms with van der Waals surface area (Å²) >= 11 is 6.49. The van der Waals surface area contributed by atoms with Gasteiger partial charge in [-0.3, -0.25) is 0 Å². The van der Waals surface area contributed by atoms with Gasteiger partial charge in [0.1, 0.15) is 10.3 Å². The Morgan fingerprint density at radius 1 is 1.47 bits per heavy atom. The summed E-state index contributed by atoms with van der Waals surface area (Å²) in [5, 5.41) is 0. The molecule has 0 aliphatic heterocycles. The van der Waals surface area contributed by atoms with Crippen molar-refractivity contribution < 1.29 is 21.6 Å². The van der Waals surface area contributed by atoms with Crippen molar-refractivity contribution in [2.45, 2.75) is 36.2 Å². The molecule has 2 rings (SSSR count). The van der Waals surface area contributed by atoms with E-state index in [1.54, 1.807) is 11.6 Å². The average Bonchev–Trinajstić information content (AvgIpc) is 3.02. The van der Waals surface area contributed by atoms with E-state index in [2.05, 4.69) is 0 Å². The van der Waals surface area contributed by atoms with E-state index in [-0.39, 0.29) is 8.55 Å². The van der Waals surface area contributed by atoms with Gasteiger partial charge in [0, 0.05) is 0 Å². The SMILES string of the molecule is Cc1cc(S(=O)(=O)NC(C2CC2)C(F)(F)F)sc1Cl. The van der Waals surface area contributed by atoms with Crippen LogP contribution in [0.5, 0.6) is 0 Å². The molecule has 0 aromatic carbocycles. The lowest BCUT2D eigenvalue weighted by atomic mass is 10.2. The molecule has 19 heavy (non-hydrogen) atoms. The lowest BCUT2D eigenvalue weighted by Crippen LogP contribution is -2.46. The average molecular weight is 334 g/mol. The summed E-state index contributed by atoms with van der Waals surface area (Å²) in [5.41, 5.74) is 0.530. The first-order valence-corrected chi connectivity index (χ1v) is 8.14. The van der Waals surface area contributed by atoms with E-state index in [4.69, 9.17) is 11.6 Å². The smallest absolute Gasteiger partial charge is 0.206 e. The Morgan fingerprint density at radius 2 is 2.05 bits per heavy atom. The molecule has 0 bridgehead atoms. The highest BCUT2D eigenvalue weighted by Gasteiger charge is 2.50. The van der Waals surface area contributed by atoms with Crippen LogP contribution in [-0.2, 0) is 10.0 Å². The summed E-state index contributed by atoms with van der Waals surface area (Å²) in [7, 11) is -4.19. The predicted molar refractivity (Wildman–Crippen MR) is 67.0 cm³/mol. The van der Waals surface area contributed by atoms with E-state index in [9.17, 15) is 21.6 Å². The van der Waals surface area contributed by atoms with E-state index >= 15 is 0 Å². The normalized spacial score (nSPS) is 18.6. The summed E-state index contributed by atoms with van der Waals surface area (Å²) in [6.45, 7) is 1.60. The number of hydrogen-bond donors (Lipinski definition) is 1. The van der Waals surface area contributed by atoms with Gasteiger partial charge in [-0.2, -0.15) is 17.9 Å². The molecule has 1 aliphatic rings. The van der Waals surface area contributed by atoms with Gasteiger partial charge in [0.15, 0.2) is 0 Å². The van der Waals surface area contributed by atoms with Crippen LogP contribution in [0.3, 0.4) is 0 Å². The standard InChI is InChI=1S/C10H11ClF3NO2S2/c1-5-4-7(18-9(5)11)19(16,17)15-8(6-2-3-6)10(12,13)14/h4,6,8,15H,2-3H2,1H3. The molecule has 1 N–H and O–H groups in total. The topological polar surface area (TPSA) is 46.2 Å². The zero-order valence-electron chi connectivity index (χ0n) is 9.79. The van der Waals surface area contributed by atoms with Gasteiger partial charge in [-0.25, -0.2) is 8.42 Å². The molecule has 1 unspecified atom stereocenters. The number of hydrogen-bond acceptors (Lipinski definition) is 3. The lowest BCUT2D eigenvalue weighted by Gasteiger charge is -2.20. The summed E-state index contributed by atoms with van der Waals surface area (Å²) in [6.07, 6.45) is -3.81. The van der Waals surface area contributed by atoms with Crippen LogP contribution in [0.25, 0.3) is 0 Å². The molecule has 1 aliphatic carbocycles. The minimum Gasteiger partial charge on any atom is -0.206 e. The monoisotopic (exact) mass is 333 g/mol. The Labute approximate surface area is 117 Å². The summed E-state index contributed by atoms with van der Waals surface area (Å²) in [5.74, 6) is -0.661. The molecule has 0 saturated heterocycles. The zero-order chi connectivity index (χ0) is 14.4. The van der Waals surface area contributed by atoms with Crippen molar-refractivity contribution in [1.29, 1.82) is 0 Å². The molecule has 1 heterocycles. The second-order valence-electron chi connectivity index (χ2n) is 4.50. The maximum atomic E-state index is 12.8. The number of nitrogens with one attached hydrogen (secondary N) is 1. The Kier molecular flexibility index (Phi) is 3.90. The van der Waals surface area contributed by atoms with Crippen molar-refractivity contribution >= 4 is 33.0 Å². The summed E-state index contributed by atoms with van der Waals surface area (Å²) in [4.78, 5) is 0. The molecule has 0 radical (unpaired) electrons. The van der Waals surface area contributed by atoms with Crippen LogP contribution < -0.4 is 4.72 Å². The molecule has 1 atom stereocenters. The highest BCUT2D eigenvalue weighted by molar-refractivity contribution is 7.91. The highest BCUT2D eigenvalue weighted by atomic mass is 35.5. The molecule has 1 aromatic rings. The largest absolute Gasteiger partial charge is 0.405 e. The molecule has 3 nitrogen and oxygen atoms in total. The second kappa shape index (κ2) is 4.91. The molecule has 0 amide bonds. The molecule has 9 heteroatoms. The van der Waals surface area contributed by atoms with Gasteiger partial charge in [-0.1, -0.05) is 11.6 Å². The van der Waals surface area contributed by atoms with Crippen LogP contribution in [0.15, 0.2) is 10.3 Å². The fourth-order valence-electron chi connectivity index (χ4n) is 1.65. The van der Waals surface area contributed by atoms with Gasteiger partial charge < -0.3 is 0 Å². The first-order chi connectivity index (χ1) is 8.61. The minimum absolute atomic E-state index is 0.190. The van der Waals surface area contributed by atoms with Crippen molar-refractivity contribution in [3.05, 3.63) is 16.0 Å². The molecular formula is C10H11ClF3NO2S2. The predicted octanol–water partition coefficient (Wildman–Crippen LogP) is 3.33. The van der Waals surface area contributed by atoms with Crippen molar-refractivity contribution in [2.75, 3.05) is 0 Å². The Morgan fingerprint density at radius 3 is 2.42 bits per heavy atom. The maximum absolute atomic E-state index is 12.8. The number of thiophene rings is 1. The maximum Gasteiger partial charge on any atom is 0.405 e. The van der Waals surface area contributed by atoms with E-state index in [1.807, 2.05) is 0 Å². The van der Waals surface area contributed by atoms with Crippen LogP contribution in [-0.4, -0.2) is 20.6 Å². The fourth-order valence-corrected chi connectivity index (χ4v) is 4.66. The number of aryl methyl sites for hydroxylation is 1. The Bertz CT molecular complexity index is 559. The fraction of sp³-hybridized carbons (Fsp3) is 0.600. The highest BCUT2D eigenvalue weighted by Crippen LogP contribution is 2.41. The summed E-state index contributed by atoms with van der Waals surface area (Å²) < 4.78 is 64.1. The molecule has 108 valence electrons. The molecule has 1 aromatic heterocycles. The first kappa shape index (κ1) is 15.1. The van der Waals surface area contributed by atoms with Crippen molar-refractivity contribution in [2.24, 2.45) is 5.92 Å². The van der Waals surface area contributed by atoms with E-state index in [0.29, 0.717) is 18.4 Å². The van der Waals surface area contributed by atoms with Gasteiger partial charge in [-0.15, -0.1) is 11.3 Å². The van der Waals surface area contributed by atoms with Gasteiger partial charge in [0.05, 0.1) is 4.34 Å². The molecular weight excluding hydrogens is 323 g/mol. The van der Waals surface area contributed by atoms with Crippen molar-refractivity contribution in [3.63, 3.8) is 0 Å². The van der Waals surface area contributed by atoms with Crippen molar-refractivity contribution in [1.82, 2.24) is 4.72 Å². The number of sulfonamides is 1. The van der Waals surface area contributed by atoms with Crippen LogP contribution in [0.2, 0.25) is 4.34 Å².